The van der Waals surface area contributed by atoms with Crippen LogP contribution in [0.3, 0.4) is 0 Å². The fraction of sp³-hybridized carbons (Fsp3) is 0.667. The van der Waals surface area contributed by atoms with Crippen molar-refractivity contribution in [2.45, 2.75) is 87.0 Å². The number of carbonyl (C=O) groups excluding carboxylic acids is 3. The second-order valence-corrected chi connectivity index (χ2v) is 12.7. The zero-order valence-corrected chi connectivity index (χ0v) is 22.3. The van der Waals surface area contributed by atoms with Crippen LogP contribution in [0, 0.1) is 39.9 Å². The zero-order chi connectivity index (χ0) is 26.1. The van der Waals surface area contributed by atoms with Crippen LogP contribution in [0.1, 0.15) is 87.0 Å². The molecule has 0 radical (unpaired) electrons. The summed E-state index contributed by atoms with van der Waals surface area (Å²) in [5, 5.41) is 9.45. The lowest BCUT2D eigenvalue weighted by Crippen LogP contribution is -2.56. The van der Waals surface area contributed by atoms with Crippen LogP contribution in [0.15, 0.2) is 34.4 Å². The molecule has 5 nitrogen and oxygen atoms in total. The van der Waals surface area contributed by atoms with Crippen LogP contribution >= 0.6 is 0 Å². The number of carbonyl (C=O) groups is 4. The summed E-state index contributed by atoms with van der Waals surface area (Å²) >= 11 is 0. The molecule has 0 aromatic heterocycles. The topological polar surface area (TPSA) is 88.5 Å². The number of Topliss-reactive ketones (excluding diaryl/α,β-unsaturated/α-hetero) is 3. The third kappa shape index (κ3) is 3.72. The Labute approximate surface area is 209 Å². The van der Waals surface area contributed by atoms with Crippen molar-refractivity contribution in [2.24, 2.45) is 39.9 Å². The molecule has 190 valence electrons. The molecule has 0 aromatic rings. The molecule has 0 aliphatic heterocycles. The highest BCUT2D eigenvalue weighted by Gasteiger charge is 2.64. The summed E-state index contributed by atoms with van der Waals surface area (Å²) in [6.45, 7) is 14.0. The molecule has 3 fully saturated rings. The largest absolute Gasteiger partial charge is 0.478 e. The molecule has 4 rings (SSSR count). The van der Waals surface area contributed by atoms with Gasteiger partial charge < -0.3 is 5.11 Å². The van der Waals surface area contributed by atoms with Crippen LogP contribution in [-0.2, 0) is 19.2 Å². The molecule has 1 N–H and O–H groups in total. The molecule has 35 heavy (non-hydrogen) atoms. The number of carboxylic acids is 1. The third-order valence-corrected chi connectivity index (χ3v) is 10.6. The van der Waals surface area contributed by atoms with Gasteiger partial charge in [0.05, 0.1) is 0 Å². The van der Waals surface area contributed by atoms with Crippen molar-refractivity contribution >= 4 is 23.3 Å². The Morgan fingerprint density at radius 3 is 2.34 bits per heavy atom. The molecular formula is C30H40O5. The fourth-order valence-electron chi connectivity index (χ4n) is 8.55. The Balaban J connectivity index is 1.80. The average molecular weight is 481 g/mol. The van der Waals surface area contributed by atoms with Crippen LogP contribution in [0.4, 0.5) is 0 Å². The van der Waals surface area contributed by atoms with Crippen molar-refractivity contribution in [3.8, 4) is 0 Å². The molecule has 0 saturated heterocycles. The smallest absolute Gasteiger partial charge is 0.330 e. The van der Waals surface area contributed by atoms with E-state index in [1.165, 1.54) is 6.92 Å². The highest BCUT2D eigenvalue weighted by atomic mass is 16.4. The van der Waals surface area contributed by atoms with Crippen molar-refractivity contribution in [3.05, 3.63) is 34.4 Å². The van der Waals surface area contributed by atoms with Crippen LogP contribution in [0.25, 0.3) is 0 Å². The molecule has 0 heterocycles. The van der Waals surface area contributed by atoms with Crippen molar-refractivity contribution in [1.29, 1.82) is 0 Å². The molecule has 0 amide bonds. The fourth-order valence-corrected chi connectivity index (χ4v) is 8.55. The van der Waals surface area contributed by atoms with Gasteiger partial charge in [-0.15, -0.1) is 0 Å². The van der Waals surface area contributed by atoms with Gasteiger partial charge in [0.25, 0.3) is 0 Å². The maximum atomic E-state index is 13.7. The van der Waals surface area contributed by atoms with Crippen molar-refractivity contribution in [1.82, 2.24) is 0 Å². The summed E-state index contributed by atoms with van der Waals surface area (Å²) in [5.41, 5.74) is 1.88. The van der Waals surface area contributed by atoms with Gasteiger partial charge in [-0.1, -0.05) is 45.4 Å². The van der Waals surface area contributed by atoms with Gasteiger partial charge in [0.1, 0.15) is 5.78 Å². The minimum Gasteiger partial charge on any atom is -0.478 e. The molecule has 0 aromatic carbocycles. The van der Waals surface area contributed by atoms with Crippen LogP contribution in [-0.4, -0.2) is 28.4 Å². The second kappa shape index (κ2) is 8.38. The van der Waals surface area contributed by atoms with E-state index in [4.69, 9.17) is 0 Å². The Bertz CT molecular complexity index is 1100. The summed E-state index contributed by atoms with van der Waals surface area (Å²) in [5.74, 6) is -0.936. The van der Waals surface area contributed by atoms with E-state index in [1.807, 2.05) is 13.0 Å². The van der Waals surface area contributed by atoms with Gasteiger partial charge >= 0.3 is 5.97 Å². The van der Waals surface area contributed by atoms with Crippen LogP contribution in [0.2, 0.25) is 0 Å². The lowest BCUT2D eigenvalue weighted by Gasteiger charge is -2.60. The predicted molar refractivity (Wildman–Crippen MR) is 135 cm³/mol. The van der Waals surface area contributed by atoms with Crippen molar-refractivity contribution in [3.63, 3.8) is 0 Å². The number of rotatable bonds is 3. The summed E-state index contributed by atoms with van der Waals surface area (Å²) in [6, 6.07) is 0. The average Bonchev–Trinajstić information content (AvgIpc) is 3.05. The van der Waals surface area contributed by atoms with Crippen LogP contribution in [0.5, 0.6) is 0 Å². The van der Waals surface area contributed by atoms with Gasteiger partial charge in [-0.25, -0.2) is 4.79 Å². The van der Waals surface area contributed by atoms with E-state index in [0.717, 1.165) is 30.4 Å². The highest BCUT2D eigenvalue weighted by molar-refractivity contribution is 6.02. The first-order chi connectivity index (χ1) is 16.2. The van der Waals surface area contributed by atoms with Crippen molar-refractivity contribution in [2.75, 3.05) is 0 Å². The lowest BCUT2D eigenvalue weighted by molar-refractivity contribution is -0.154. The van der Waals surface area contributed by atoms with E-state index >= 15 is 0 Å². The zero-order valence-electron chi connectivity index (χ0n) is 22.3. The number of aliphatic carboxylic acids is 1. The van der Waals surface area contributed by atoms with Gasteiger partial charge in [0.15, 0.2) is 11.6 Å². The number of allylic oxidation sites excluding steroid dienone is 5. The first kappa shape index (κ1) is 25.8. The molecule has 4 aliphatic rings. The van der Waals surface area contributed by atoms with E-state index in [-0.39, 0.29) is 51.1 Å². The number of hydrogen-bond donors (Lipinski definition) is 1. The molecule has 5 heteroatoms. The van der Waals surface area contributed by atoms with Gasteiger partial charge in [-0.05, 0) is 80.6 Å². The third-order valence-electron chi connectivity index (χ3n) is 10.6. The first-order valence-electron chi connectivity index (χ1n) is 13.1. The minimum atomic E-state index is -1.03. The van der Waals surface area contributed by atoms with E-state index in [9.17, 15) is 24.3 Å². The van der Waals surface area contributed by atoms with Crippen LogP contribution < -0.4 is 0 Å². The normalized spacial score (nSPS) is 40.7. The second-order valence-electron chi connectivity index (χ2n) is 12.7. The number of hydrogen-bond acceptors (Lipinski definition) is 4. The SMILES string of the molecule is CC1=CC[C@H](/C(C)=C2\C(=O)C[C@H]3[C@@]4(C)CCC(=O)C(C)(C)[C@@H]4CC[C@]23C)[C@@H](/C=C(\C)C(=O)O)C1=O. The predicted octanol–water partition coefficient (Wildman–Crippen LogP) is 5.89. The maximum Gasteiger partial charge on any atom is 0.330 e. The maximum absolute atomic E-state index is 13.7. The Kier molecular flexibility index (Phi) is 6.18. The number of ketones is 3. The number of carboxylic acid groups (broad SMARTS) is 1. The summed E-state index contributed by atoms with van der Waals surface area (Å²) < 4.78 is 0. The van der Waals surface area contributed by atoms with Gasteiger partial charge in [0, 0.05) is 35.3 Å². The molecule has 6 atom stereocenters. The minimum absolute atomic E-state index is 0.0582. The standard InChI is InChI=1S/C30H40O5/c1-16-8-9-19(20(26(16)33)14-17(2)27(34)35)18(3)25-21(31)15-23-29(6)13-11-24(32)28(4,5)22(29)10-12-30(23,25)7/h8,14,19-20,22-23H,9-13,15H2,1-7H3,(H,34,35)/b17-14+,25-18+/t19-,20-,22+,23+,29+,30+/m1/s1. The van der Waals surface area contributed by atoms with E-state index in [1.54, 1.807) is 13.0 Å². The quantitative estimate of drug-likeness (QED) is 0.509. The van der Waals surface area contributed by atoms with Gasteiger partial charge in [0.2, 0.25) is 0 Å². The first-order valence-corrected chi connectivity index (χ1v) is 13.1. The summed E-state index contributed by atoms with van der Waals surface area (Å²) in [4.78, 5) is 51.2. The van der Waals surface area contributed by atoms with E-state index in [0.29, 0.717) is 30.6 Å². The summed E-state index contributed by atoms with van der Waals surface area (Å²) in [7, 11) is 0. The Morgan fingerprint density at radius 2 is 1.71 bits per heavy atom. The number of fused-ring (bicyclic) bond motifs is 3. The monoisotopic (exact) mass is 480 g/mol. The molecule has 0 spiro atoms. The highest BCUT2D eigenvalue weighted by Crippen LogP contribution is 2.69. The van der Waals surface area contributed by atoms with Crippen molar-refractivity contribution < 1.29 is 24.3 Å². The molecular weight excluding hydrogens is 440 g/mol. The van der Waals surface area contributed by atoms with E-state index in [2.05, 4.69) is 27.7 Å². The Hall–Kier alpha value is -2.30. The van der Waals surface area contributed by atoms with Gasteiger partial charge in [-0.3, -0.25) is 14.4 Å². The molecule has 0 unspecified atom stereocenters. The van der Waals surface area contributed by atoms with E-state index < -0.39 is 11.9 Å². The molecule has 4 aliphatic carbocycles. The summed E-state index contributed by atoms with van der Waals surface area (Å²) in [6.07, 6.45) is 7.80. The molecule has 0 bridgehead atoms. The lowest BCUT2D eigenvalue weighted by atomic mass is 9.43. The Morgan fingerprint density at radius 1 is 1.06 bits per heavy atom. The van der Waals surface area contributed by atoms with Gasteiger partial charge in [-0.2, -0.15) is 0 Å². The molecule has 3 saturated carbocycles.